The van der Waals surface area contributed by atoms with E-state index >= 15 is 0 Å². The number of nitrogens with one attached hydrogen (secondary N) is 1. The highest BCUT2D eigenvalue weighted by molar-refractivity contribution is 5.53. The number of hydrogen-bond donors (Lipinski definition) is 2. The van der Waals surface area contributed by atoms with Crippen molar-refractivity contribution < 1.29 is 9.84 Å². The first kappa shape index (κ1) is 15.2. The van der Waals surface area contributed by atoms with Crippen LogP contribution in [0.25, 0.3) is 0 Å². The average Bonchev–Trinajstić information content (AvgIpc) is 2.73. The summed E-state index contributed by atoms with van der Waals surface area (Å²) in [7, 11) is 1.55. The number of aromatic nitrogens is 2. The molecule has 0 radical (unpaired) electrons. The number of hydrogen-bond acceptors (Lipinski definition) is 4. The van der Waals surface area contributed by atoms with Gasteiger partial charge in [0.1, 0.15) is 0 Å². The maximum Gasteiger partial charge on any atom is 0.160 e. The number of nitrogens with zero attached hydrogens (tertiary/aromatic N) is 2. The van der Waals surface area contributed by atoms with Crippen LogP contribution in [0.15, 0.2) is 18.2 Å². The van der Waals surface area contributed by atoms with E-state index in [9.17, 15) is 5.11 Å². The van der Waals surface area contributed by atoms with Crippen LogP contribution in [-0.2, 0) is 6.54 Å². The molecule has 0 unspecified atom stereocenters. The molecule has 1 aromatic carbocycles. The Morgan fingerprint density at radius 3 is 2.62 bits per heavy atom. The zero-order valence-corrected chi connectivity index (χ0v) is 13.3. The Labute approximate surface area is 125 Å². The molecule has 0 spiro atoms. The zero-order chi connectivity index (χ0) is 15.6. The van der Waals surface area contributed by atoms with E-state index in [1.165, 1.54) is 0 Å². The highest BCUT2D eigenvalue weighted by atomic mass is 16.5. The second-order valence-corrected chi connectivity index (χ2v) is 5.44. The summed E-state index contributed by atoms with van der Waals surface area (Å²) in [6.07, 6.45) is 0. The fourth-order valence-corrected chi connectivity index (χ4v) is 2.44. The van der Waals surface area contributed by atoms with Crippen molar-refractivity contribution in [1.29, 1.82) is 0 Å². The third-order valence-corrected chi connectivity index (χ3v) is 3.53. The molecule has 2 aromatic rings. The summed E-state index contributed by atoms with van der Waals surface area (Å²) in [5.74, 6) is 0.641. The molecule has 0 fully saturated rings. The molecule has 2 rings (SSSR count). The van der Waals surface area contributed by atoms with Crippen molar-refractivity contribution in [3.63, 3.8) is 0 Å². The molecular formula is C16H23N3O2. The van der Waals surface area contributed by atoms with Crippen LogP contribution >= 0.6 is 0 Å². The van der Waals surface area contributed by atoms with E-state index in [0.717, 1.165) is 22.6 Å². The van der Waals surface area contributed by atoms with Gasteiger partial charge in [0.2, 0.25) is 0 Å². The van der Waals surface area contributed by atoms with Gasteiger partial charge in [0.15, 0.2) is 11.5 Å². The van der Waals surface area contributed by atoms with Crippen LogP contribution < -0.4 is 10.1 Å². The Kier molecular flexibility index (Phi) is 4.40. The van der Waals surface area contributed by atoms with E-state index in [1.807, 2.05) is 23.7 Å². The van der Waals surface area contributed by atoms with Crippen molar-refractivity contribution >= 4 is 5.69 Å². The highest BCUT2D eigenvalue weighted by Crippen LogP contribution is 2.27. The number of rotatable bonds is 5. The molecule has 21 heavy (non-hydrogen) atoms. The van der Waals surface area contributed by atoms with Gasteiger partial charge in [-0.1, -0.05) is 6.07 Å². The van der Waals surface area contributed by atoms with Crippen LogP contribution in [0.3, 0.4) is 0 Å². The summed E-state index contributed by atoms with van der Waals surface area (Å²) >= 11 is 0. The first-order valence-electron chi connectivity index (χ1n) is 7.09. The van der Waals surface area contributed by atoms with Crippen LogP contribution in [-0.4, -0.2) is 22.0 Å². The first-order chi connectivity index (χ1) is 9.93. The van der Waals surface area contributed by atoms with E-state index in [4.69, 9.17) is 4.74 Å². The largest absolute Gasteiger partial charge is 0.504 e. The van der Waals surface area contributed by atoms with Crippen LogP contribution in [0.2, 0.25) is 0 Å². The van der Waals surface area contributed by atoms with Gasteiger partial charge in [-0.25, -0.2) is 0 Å². The number of aromatic hydroxyl groups is 1. The Hall–Kier alpha value is -2.17. The molecule has 5 heteroatoms. The summed E-state index contributed by atoms with van der Waals surface area (Å²) in [4.78, 5) is 0. The third-order valence-electron chi connectivity index (χ3n) is 3.53. The SMILES string of the molecule is COc1cc(CNc2c(C)nn(C(C)C)c2C)ccc1O. The summed E-state index contributed by atoms with van der Waals surface area (Å²) < 4.78 is 7.15. The number of ether oxygens (including phenoxy) is 1. The normalized spacial score (nSPS) is 11.0. The summed E-state index contributed by atoms with van der Waals surface area (Å²) in [6, 6.07) is 5.70. The molecule has 1 aromatic heterocycles. The maximum absolute atomic E-state index is 9.61. The number of benzene rings is 1. The Morgan fingerprint density at radius 1 is 1.33 bits per heavy atom. The van der Waals surface area contributed by atoms with Gasteiger partial charge >= 0.3 is 0 Å². The predicted octanol–water partition coefficient (Wildman–Crippen LogP) is 3.41. The Balaban J connectivity index is 2.17. The Bertz CT molecular complexity index is 633. The second kappa shape index (κ2) is 6.08. The van der Waals surface area contributed by atoms with Crippen molar-refractivity contribution in [2.24, 2.45) is 0 Å². The number of aryl methyl sites for hydroxylation is 1. The highest BCUT2D eigenvalue weighted by Gasteiger charge is 2.13. The van der Waals surface area contributed by atoms with E-state index in [0.29, 0.717) is 18.3 Å². The number of phenols is 1. The minimum atomic E-state index is 0.154. The minimum absolute atomic E-state index is 0.154. The molecule has 1 heterocycles. The molecule has 114 valence electrons. The molecule has 0 aliphatic carbocycles. The van der Waals surface area contributed by atoms with Gasteiger partial charge in [-0.2, -0.15) is 5.10 Å². The molecule has 0 amide bonds. The smallest absolute Gasteiger partial charge is 0.160 e. The van der Waals surface area contributed by atoms with Gasteiger partial charge < -0.3 is 15.2 Å². The lowest BCUT2D eigenvalue weighted by molar-refractivity contribution is 0.373. The lowest BCUT2D eigenvalue weighted by Crippen LogP contribution is -2.06. The van der Waals surface area contributed by atoms with Crippen LogP contribution in [0.5, 0.6) is 11.5 Å². The molecule has 2 N–H and O–H groups in total. The van der Waals surface area contributed by atoms with Crippen molar-refractivity contribution in [1.82, 2.24) is 9.78 Å². The van der Waals surface area contributed by atoms with E-state index in [-0.39, 0.29) is 5.75 Å². The quantitative estimate of drug-likeness (QED) is 0.885. The minimum Gasteiger partial charge on any atom is -0.504 e. The molecule has 0 atom stereocenters. The van der Waals surface area contributed by atoms with Gasteiger partial charge in [-0.05, 0) is 45.4 Å². The Morgan fingerprint density at radius 2 is 2.05 bits per heavy atom. The number of phenolic OH excluding ortho intramolecular Hbond substituents is 1. The summed E-state index contributed by atoms with van der Waals surface area (Å²) in [6.45, 7) is 8.97. The predicted molar refractivity (Wildman–Crippen MR) is 84.1 cm³/mol. The van der Waals surface area contributed by atoms with Gasteiger partial charge in [-0.15, -0.1) is 0 Å². The van der Waals surface area contributed by atoms with Crippen LogP contribution in [0.1, 0.15) is 36.8 Å². The number of anilines is 1. The fourth-order valence-electron chi connectivity index (χ4n) is 2.44. The average molecular weight is 289 g/mol. The van der Waals surface area contributed by atoms with Crippen molar-refractivity contribution in [3.05, 3.63) is 35.2 Å². The standard InChI is InChI=1S/C16H23N3O2/c1-10(2)19-12(4)16(11(3)18-19)17-9-13-6-7-14(20)15(8-13)21-5/h6-8,10,17,20H,9H2,1-5H3. The molecule has 5 nitrogen and oxygen atoms in total. The number of methoxy groups -OCH3 is 1. The molecular weight excluding hydrogens is 266 g/mol. The molecule has 0 saturated heterocycles. The van der Waals surface area contributed by atoms with Gasteiger partial charge in [0.05, 0.1) is 24.2 Å². The molecule has 0 aliphatic rings. The maximum atomic E-state index is 9.61. The van der Waals surface area contributed by atoms with Crippen molar-refractivity contribution in [2.45, 2.75) is 40.3 Å². The monoisotopic (exact) mass is 289 g/mol. The summed E-state index contributed by atoms with van der Waals surface area (Å²) in [5, 5.41) is 17.6. The summed E-state index contributed by atoms with van der Waals surface area (Å²) in [5.41, 5.74) is 4.23. The van der Waals surface area contributed by atoms with Crippen molar-refractivity contribution in [2.75, 3.05) is 12.4 Å². The van der Waals surface area contributed by atoms with Gasteiger partial charge in [0.25, 0.3) is 0 Å². The second-order valence-electron chi connectivity index (χ2n) is 5.44. The molecule has 0 aliphatic heterocycles. The fraction of sp³-hybridized carbons (Fsp3) is 0.438. The molecule has 0 saturated carbocycles. The van der Waals surface area contributed by atoms with Crippen LogP contribution in [0.4, 0.5) is 5.69 Å². The van der Waals surface area contributed by atoms with Crippen molar-refractivity contribution in [3.8, 4) is 11.5 Å². The topological polar surface area (TPSA) is 59.3 Å². The van der Waals surface area contributed by atoms with Crippen LogP contribution in [0, 0.1) is 13.8 Å². The van der Waals surface area contributed by atoms with E-state index in [1.54, 1.807) is 13.2 Å². The van der Waals surface area contributed by atoms with Gasteiger partial charge in [-0.3, -0.25) is 4.68 Å². The first-order valence-corrected chi connectivity index (χ1v) is 7.09. The van der Waals surface area contributed by atoms with Gasteiger partial charge in [0, 0.05) is 12.6 Å². The van der Waals surface area contributed by atoms with E-state index < -0.39 is 0 Å². The molecule has 0 bridgehead atoms. The lowest BCUT2D eigenvalue weighted by Gasteiger charge is -2.11. The lowest BCUT2D eigenvalue weighted by atomic mass is 10.2. The third kappa shape index (κ3) is 3.12. The van der Waals surface area contributed by atoms with E-state index in [2.05, 4.69) is 31.2 Å². The zero-order valence-electron chi connectivity index (χ0n) is 13.3.